The predicted octanol–water partition coefficient (Wildman–Crippen LogP) is 2.61. The largest absolute Gasteiger partial charge is 0.490 e. The van der Waals surface area contributed by atoms with Gasteiger partial charge >= 0.3 is 0 Å². The summed E-state index contributed by atoms with van der Waals surface area (Å²) in [6.45, 7) is 4.33. The quantitative estimate of drug-likeness (QED) is 0.667. The van der Waals surface area contributed by atoms with Gasteiger partial charge in [-0.25, -0.2) is 0 Å². The lowest BCUT2D eigenvalue weighted by Gasteiger charge is -2.18. The average molecular weight is 180 g/mol. The highest BCUT2D eigenvalue weighted by Crippen LogP contribution is 2.21. The molecule has 13 heavy (non-hydrogen) atoms. The summed E-state index contributed by atoms with van der Waals surface area (Å²) in [5.74, 6) is 1.17. The van der Waals surface area contributed by atoms with Gasteiger partial charge in [0.1, 0.15) is 12.4 Å². The number of hydrogen-bond acceptors (Lipinski definition) is 2. The Bertz CT molecular complexity index is 249. The van der Waals surface area contributed by atoms with Crippen LogP contribution in [0.15, 0.2) is 23.5 Å². The number of rotatable bonds is 3. The van der Waals surface area contributed by atoms with Gasteiger partial charge < -0.3 is 4.74 Å². The third-order valence-electron chi connectivity index (χ3n) is 2.00. The summed E-state index contributed by atoms with van der Waals surface area (Å²) in [5, 5.41) is 0. The van der Waals surface area contributed by atoms with Crippen LogP contribution in [-0.2, 0) is 9.53 Å². The molecule has 1 rings (SSSR count). The molecular formula is C11H16O2. The summed E-state index contributed by atoms with van der Waals surface area (Å²) >= 11 is 0. The lowest BCUT2D eigenvalue weighted by atomic mass is 10.0. The summed E-state index contributed by atoms with van der Waals surface area (Å²) in [6.07, 6.45) is 6.46. The topological polar surface area (TPSA) is 26.3 Å². The van der Waals surface area contributed by atoms with E-state index in [1.165, 1.54) is 0 Å². The van der Waals surface area contributed by atoms with Crippen LogP contribution in [0.1, 0.15) is 33.1 Å². The van der Waals surface area contributed by atoms with Crippen molar-refractivity contribution in [1.82, 2.24) is 0 Å². The molecule has 0 aliphatic carbocycles. The van der Waals surface area contributed by atoms with Crippen LogP contribution in [0.4, 0.5) is 0 Å². The summed E-state index contributed by atoms with van der Waals surface area (Å²) in [6, 6.07) is 0. The molecule has 0 saturated carbocycles. The molecule has 0 aromatic carbocycles. The summed E-state index contributed by atoms with van der Waals surface area (Å²) in [5.41, 5.74) is 1.06. The van der Waals surface area contributed by atoms with E-state index in [9.17, 15) is 4.79 Å². The minimum absolute atomic E-state index is 0.174. The van der Waals surface area contributed by atoms with E-state index in [0.29, 0.717) is 6.42 Å². The standard InChI is InChI=1S/C11H16O2/c1-3-5-9-7-10(12)8-13-11(9)6-4-2/h3,5H,4,6-8H2,1-2H3/b5-3-. The summed E-state index contributed by atoms with van der Waals surface area (Å²) in [4.78, 5) is 11.1. The molecule has 0 saturated heterocycles. The minimum atomic E-state index is 0.174. The van der Waals surface area contributed by atoms with Gasteiger partial charge in [-0.05, 0) is 18.9 Å². The maximum Gasteiger partial charge on any atom is 0.174 e. The molecule has 1 heterocycles. The average Bonchev–Trinajstić information content (AvgIpc) is 2.10. The highest BCUT2D eigenvalue weighted by molar-refractivity contribution is 5.83. The van der Waals surface area contributed by atoms with Crippen molar-refractivity contribution < 1.29 is 9.53 Å². The second-order valence-corrected chi connectivity index (χ2v) is 3.20. The van der Waals surface area contributed by atoms with E-state index in [1.54, 1.807) is 0 Å². The minimum Gasteiger partial charge on any atom is -0.490 e. The maximum absolute atomic E-state index is 11.1. The van der Waals surface area contributed by atoms with Crippen molar-refractivity contribution in [3.8, 4) is 0 Å². The number of ether oxygens (including phenoxy) is 1. The Morgan fingerprint density at radius 2 is 2.31 bits per heavy atom. The maximum atomic E-state index is 11.1. The molecule has 0 bridgehead atoms. The van der Waals surface area contributed by atoms with Gasteiger partial charge in [0, 0.05) is 12.8 Å². The van der Waals surface area contributed by atoms with Gasteiger partial charge in [0.05, 0.1) is 0 Å². The predicted molar refractivity (Wildman–Crippen MR) is 52.3 cm³/mol. The van der Waals surface area contributed by atoms with Crippen LogP contribution < -0.4 is 0 Å². The number of Topliss-reactive ketones (excluding diaryl/α,β-unsaturated/α-hetero) is 1. The van der Waals surface area contributed by atoms with Crippen LogP contribution in [0.3, 0.4) is 0 Å². The van der Waals surface area contributed by atoms with E-state index in [-0.39, 0.29) is 12.4 Å². The van der Waals surface area contributed by atoms with Gasteiger partial charge in [-0.1, -0.05) is 19.1 Å². The molecule has 1 aliphatic heterocycles. The highest BCUT2D eigenvalue weighted by Gasteiger charge is 2.16. The van der Waals surface area contributed by atoms with Crippen molar-refractivity contribution in [3.63, 3.8) is 0 Å². The fourth-order valence-corrected chi connectivity index (χ4v) is 1.44. The Morgan fingerprint density at radius 3 is 2.92 bits per heavy atom. The molecule has 1 aliphatic rings. The van der Waals surface area contributed by atoms with Crippen LogP contribution in [0, 0.1) is 0 Å². The van der Waals surface area contributed by atoms with E-state index in [0.717, 1.165) is 24.2 Å². The van der Waals surface area contributed by atoms with Crippen LogP contribution in [-0.4, -0.2) is 12.4 Å². The lowest BCUT2D eigenvalue weighted by molar-refractivity contribution is -0.122. The van der Waals surface area contributed by atoms with Gasteiger partial charge in [-0.15, -0.1) is 0 Å². The monoisotopic (exact) mass is 180 g/mol. The lowest BCUT2D eigenvalue weighted by Crippen LogP contribution is -2.16. The van der Waals surface area contributed by atoms with Gasteiger partial charge in [0.2, 0.25) is 0 Å². The van der Waals surface area contributed by atoms with E-state index < -0.39 is 0 Å². The van der Waals surface area contributed by atoms with Crippen molar-refractivity contribution in [2.24, 2.45) is 0 Å². The first kappa shape index (κ1) is 10.0. The molecule has 0 amide bonds. The molecule has 2 heteroatoms. The van der Waals surface area contributed by atoms with Crippen LogP contribution in [0.25, 0.3) is 0 Å². The summed E-state index contributed by atoms with van der Waals surface area (Å²) < 4.78 is 5.37. The highest BCUT2D eigenvalue weighted by atomic mass is 16.5. The van der Waals surface area contributed by atoms with Gasteiger partial charge in [-0.2, -0.15) is 0 Å². The van der Waals surface area contributed by atoms with Crippen LogP contribution in [0.2, 0.25) is 0 Å². The Kier molecular flexibility index (Phi) is 3.74. The molecule has 0 aromatic heterocycles. The first-order chi connectivity index (χ1) is 6.27. The van der Waals surface area contributed by atoms with Crippen molar-refractivity contribution in [2.75, 3.05) is 6.61 Å². The van der Waals surface area contributed by atoms with Crippen LogP contribution >= 0.6 is 0 Å². The first-order valence-electron chi connectivity index (χ1n) is 4.77. The third-order valence-corrected chi connectivity index (χ3v) is 2.00. The van der Waals surface area contributed by atoms with Crippen molar-refractivity contribution in [2.45, 2.75) is 33.1 Å². The van der Waals surface area contributed by atoms with E-state index in [4.69, 9.17) is 4.74 Å². The number of ketones is 1. The molecule has 0 fully saturated rings. The number of hydrogen-bond donors (Lipinski definition) is 0. The molecule has 0 aromatic rings. The SMILES string of the molecule is C/C=C\C1=C(CCC)OCC(=O)C1. The molecule has 0 N–H and O–H groups in total. The Morgan fingerprint density at radius 1 is 1.54 bits per heavy atom. The van der Waals surface area contributed by atoms with E-state index in [1.807, 2.05) is 19.1 Å². The van der Waals surface area contributed by atoms with Crippen LogP contribution in [0.5, 0.6) is 0 Å². The van der Waals surface area contributed by atoms with Gasteiger partial charge in [0.25, 0.3) is 0 Å². The Hall–Kier alpha value is -1.05. The number of carbonyl (C=O) groups excluding carboxylic acids is 1. The van der Waals surface area contributed by atoms with E-state index in [2.05, 4.69) is 6.92 Å². The zero-order valence-corrected chi connectivity index (χ0v) is 8.30. The second kappa shape index (κ2) is 4.85. The first-order valence-corrected chi connectivity index (χ1v) is 4.77. The number of allylic oxidation sites excluding steroid dienone is 4. The normalized spacial score (nSPS) is 18.2. The van der Waals surface area contributed by atoms with Crippen molar-refractivity contribution in [3.05, 3.63) is 23.5 Å². The molecule has 0 radical (unpaired) electrons. The summed E-state index contributed by atoms with van der Waals surface area (Å²) in [7, 11) is 0. The molecular weight excluding hydrogens is 164 g/mol. The van der Waals surface area contributed by atoms with Crippen molar-refractivity contribution >= 4 is 5.78 Å². The molecule has 0 unspecified atom stereocenters. The Balaban J connectivity index is 2.79. The smallest absolute Gasteiger partial charge is 0.174 e. The number of carbonyl (C=O) groups is 1. The van der Waals surface area contributed by atoms with Gasteiger partial charge in [-0.3, -0.25) is 4.79 Å². The third kappa shape index (κ3) is 2.72. The van der Waals surface area contributed by atoms with Crippen molar-refractivity contribution in [1.29, 1.82) is 0 Å². The molecule has 2 nitrogen and oxygen atoms in total. The fourth-order valence-electron chi connectivity index (χ4n) is 1.44. The molecule has 0 atom stereocenters. The molecule has 72 valence electrons. The Labute approximate surface area is 79.3 Å². The molecule has 0 spiro atoms. The van der Waals surface area contributed by atoms with Gasteiger partial charge in [0.15, 0.2) is 5.78 Å². The zero-order chi connectivity index (χ0) is 9.68. The zero-order valence-electron chi connectivity index (χ0n) is 8.30. The fraction of sp³-hybridized carbons (Fsp3) is 0.545. The second-order valence-electron chi connectivity index (χ2n) is 3.20. The van der Waals surface area contributed by atoms with E-state index >= 15 is 0 Å².